The molecule has 1 aliphatic heterocycles. The van der Waals surface area contributed by atoms with Crippen molar-refractivity contribution in [1.29, 1.82) is 0 Å². The van der Waals surface area contributed by atoms with Crippen LogP contribution in [-0.2, 0) is 17.9 Å². The van der Waals surface area contributed by atoms with Crippen LogP contribution in [0.1, 0.15) is 25.5 Å². The molecule has 6 heteroatoms. The van der Waals surface area contributed by atoms with Gasteiger partial charge in [0.1, 0.15) is 6.54 Å². The third-order valence-corrected chi connectivity index (χ3v) is 3.00. The summed E-state index contributed by atoms with van der Waals surface area (Å²) in [7, 11) is 0. The molecule has 0 bridgehead atoms. The van der Waals surface area contributed by atoms with Gasteiger partial charge in [0.25, 0.3) is 0 Å². The Morgan fingerprint density at radius 1 is 1.59 bits per heavy atom. The van der Waals surface area contributed by atoms with Crippen LogP contribution in [0.5, 0.6) is 0 Å². The number of carboxylic acids is 1. The standard InChI is InChI=1S/C11H18N4O2/c1-2-3-9-4-14(5-9)6-10-7-15(13-12-10)8-11(16)17/h7,9H,2-6,8H2,1H3,(H,16,17). The number of hydrogen-bond donors (Lipinski definition) is 1. The second-order valence-corrected chi connectivity index (χ2v) is 4.65. The lowest BCUT2D eigenvalue weighted by atomic mass is 9.95. The minimum Gasteiger partial charge on any atom is -0.480 e. The molecule has 1 aromatic rings. The molecule has 1 N–H and O–H groups in total. The second kappa shape index (κ2) is 5.27. The highest BCUT2D eigenvalue weighted by atomic mass is 16.4. The SMILES string of the molecule is CCCC1CN(Cc2cn(CC(=O)O)nn2)C1. The van der Waals surface area contributed by atoms with Crippen LogP contribution in [0.3, 0.4) is 0 Å². The van der Waals surface area contributed by atoms with Gasteiger partial charge < -0.3 is 5.11 Å². The summed E-state index contributed by atoms with van der Waals surface area (Å²) in [6.45, 7) is 5.12. The predicted molar refractivity (Wildman–Crippen MR) is 61.3 cm³/mol. The van der Waals surface area contributed by atoms with E-state index in [1.54, 1.807) is 6.20 Å². The summed E-state index contributed by atoms with van der Waals surface area (Å²) in [6.07, 6.45) is 4.25. The number of hydrogen-bond acceptors (Lipinski definition) is 4. The molecule has 2 heterocycles. The lowest BCUT2D eigenvalue weighted by Crippen LogP contribution is -2.45. The highest BCUT2D eigenvalue weighted by molar-refractivity contribution is 5.66. The average Bonchev–Trinajstić information content (AvgIpc) is 2.61. The van der Waals surface area contributed by atoms with E-state index in [2.05, 4.69) is 22.1 Å². The smallest absolute Gasteiger partial charge is 0.325 e. The molecule has 0 spiro atoms. The third-order valence-electron chi connectivity index (χ3n) is 3.00. The molecule has 1 aromatic heterocycles. The Morgan fingerprint density at radius 2 is 2.35 bits per heavy atom. The maximum Gasteiger partial charge on any atom is 0.325 e. The summed E-state index contributed by atoms with van der Waals surface area (Å²) < 4.78 is 1.36. The number of nitrogens with zero attached hydrogens (tertiary/aromatic N) is 4. The molecule has 0 atom stereocenters. The lowest BCUT2D eigenvalue weighted by Gasteiger charge is -2.38. The van der Waals surface area contributed by atoms with Crippen LogP contribution in [-0.4, -0.2) is 44.1 Å². The van der Waals surface area contributed by atoms with Gasteiger partial charge in [0.15, 0.2) is 0 Å². The maximum absolute atomic E-state index is 10.5. The number of carbonyl (C=O) groups is 1. The van der Waals surface area contributed by atoms with Gasteiger partial charge in [0, 0.05) is 19.6 Å². The molecule has 0 radical (unpaired) electrons. The van der Waals surface area contributed by atoms with Gasteiger partial charge in [0.05, 0.1) is 11.9 Å². The predicted octanol–water partition coefficient (Wildman–Crippen LogP) is 0.595. The van der Waals surface area contributed by atoms with Crippen molar-refractivity contribution >= 4 is 5.97 Å². The van der Waals surface area contributed by atoms with Crippen LogP contribution < -0.4 is 0 Å². The molecule has 0 aliphatic carbocycles. The Balaban J connectivity index is 1.76. The average molecular weight is 238 g/mol. The molecule has 1 saturated heterocycles. The van der Waals surface area contributed by atoms with E-state index < -0.39 is 5.97 Å². The molecule has 2 rings (SSSR count). The van der Waals surface area contributed by atoms with Gasteiger partial charge in [-0.3, -0.25) is 9.69 Å². The molecular formula is C11H18N4O2. The molecule has 1 fully saturated rings. The Labute approximate surface area is 100 Å². The fourth-order valence-corrected chi connectivity index (χ4v) is 2.25. The van der Waals surface area contributed by atoms with E-state index in [9.17, 15) is 4.79 Å². The van der Waals surface area contributed by atoms with E-state index in [0.717, 1.165) is 31.2 Å². The van der Waals surface area contributed by atoms with Crippen LogP contribution in [0.15, 0.2) is 6.20 Å². The summed E-state index contributed by atoms with van der Waals surface area (Å²) in [4.78, 5) is 12.8. The molecule has 0 unspecified atom stereocenters. The van der Waals surface area contributed by atoms with E-state index in [4.69, 9.17) is 5.11 Å². The highest BCUT2D eigenvalue weighted by Crippen LogP contribution is 2.21. The normalized spacial score (nSPS) is 17.0. The topological polar surface area (TPSA) is 71.2 Å². The summed E-state index contributed by atoms with van der Waals surface area (Å²) in [5, 5.41) is 16.4. The maximum atomic E-state index is 10.5. The monoisotopic (exact) mass is 238 g/mol. The van der Waals surface area contributed by atoms with E-state index in [1.807, 2.05) is 0 Å². The van der Waals surface area contributed by atoms with Gasteiger partial charge >= 0.3 is 5.97 Å². The first kappa shape index (κ1) is 12.0. The molecule has 1 aliphatic rings. The van der Waals surface area contributed by atoms with E-state index in [-0.39, 0.29) is 6.54 Å². The first-order valence-electron chi connectivity index (χ1n) is 6.00. The van der Waals surface area contributed by atoms with Gasteiger partial charge in [-0.2, -0.15) is 0 Å². The fraction of sp³-hybridized carbons (Fsp3) is 0.727. The summed E-state index contributed by atoms with van der Waals surface area (Å²) in [5.41, 5.74) is 0.848. The van der Waals surface area contributed by atoms with Gasteiger partial charge in [0.2, 0.25) is 0 Å². The van der Waals surface area contributed by atoms with Crippen LogP contribution in [0.2, 0.25) is 0 Å². The summed E-state index contributed by atoms with van der Waals surface area (Å²) in [5.74, 6) is -0.0672. The summed E-state index contributed by atoms with van der Waals surface area (Å²) in [6, 6.07) is 0. The van der Waals surface area contributed by atoms with E-state index >= 15 is 0 Å². The zero-order valence-electron chi connectivity index (χ0n) is 10.0. The number of carboxylic acid groups (broad SMARTS) is 1. The van der Waals surface area contributed by atoms with Crippen molar-refractivity contribution < 1.29 is 9.90 Å². The van der Waals surface area contributed by atoms with Crippen molar-refractivity contribution in [2.24, 2.45) is 5.92 Å². The molecule has 94 valence electrons. The molecule has 0 aromatic carbocycles. The van der Waals surface area contributed by atoms with Gasteiger partial charge in [-0.05, 0) is 12.3 Å². The fourth-order valence-electron chi connectivity index (χ4n) is 2.25. The van der Waals surface area contributed by atoms with E-state index in [0.29, 0.717) is 0 Å². The van der Waals surface area contributed by atoms with E-state index in [1.165, 1.54) is 17.5 Å². The Bertz CT molecular complexity index is 385. The zero-order chi connectivity index (χ0) is 12.3. The number of aliphatic carboxylic acids is 1. The third kappa shape index (κ3) is 3.26. The van der Waals surface area contributed by atoms with Crippen LogP contribution >= 0.6 is 0 Å². The number of likely N-dealkylation sites (tertiary alicyclic amines) is 1. The van der Waals surface area contributed by atoms with Crippen molar-refractivity contribution in [3.05, 3.63) is 11.9 Å². The first-order valence-corrected chi connectivity index (χ1v) is 6.00. The quantitative estimate of drug-likeness (QED) is 0.785. The second-order valence-electron chi connectivity index (χ2n) is 4.65. The molecule has 6 nitrogen and oxygen atoms in total. The van der Waals surface area contributed by atoms with Crippen molar-refractivity contribution in [1.82, 2.24) is 19.9 Å². The zero-order valence-corrected chi connectivity index (χ0v) is 10.0. The largest absolute Gasteiger partial charge is 0.480 e. The molecule has 0 amide bonds. The number of aromatic nitrogens is 3. The van der Waals surface area contributed by atoms with Crippen molar-refractivity contribution in [2.45, 2.75) is 32.9 Å². The number of rotatable bonds is 6. The molecular weight excluding hydrogens is 220 g/mol. The van der Waals surface area contributed by atoms with Crippen LogP contribution in [0.4, 0.5) is 0 Å². The van der Waals surface area contributed by atoms with Crippen LogP contribution in [0, 0.1) is 5.92 Å². The minimum absolute atomic E-state index is 0.120. The van der Waals surface area contributed by atoms with Crippen molar-refractivity contribution in [3.63, 3.8) is 0 Å². The Kier molecular flexibility index (Phi) is 3.73. The van der Waals surface area contributed by atoms with Crippen molar-refractivity contribution in [3.8, 4) is 0 Å². The van der Waals surface area contributed by atoms with Crippen LogP contribution in [0.25, 0.3) is 0 Å². The summed E-state index contributed by atoms with van der Waals surface area (Å²) >= 11 is 0. The van der Waals surface area contributed by atoms with Crippen molar-refractivity contribution in [2.75, 3.05) is 13.1 Å². The van der Waals surface area contributed by atoms with Gasteiger partial charge in [-0.1, -0.05) is 18.6 Å². The lowest BCUT2D eigenvalue weighted by molar-refractivity contribution is -0.137. The molecule has 0 saturated carbocycles. The Morgan fingerprint density at radius 3 is 3.00 bits per heavy atom. The molecule has 17 heavy (non-hydrogen) atoms. The Hall–Kier alpha value is -1.43. The van der Waals surface area contributed by atoms with Gasteiger partial charge in [-0.25, -0.2) is 4.68 Å². The highest BCUT2D eigenvalue weighted by Gasteiger charge is 2.26. The first-order chi connectivity index (χ1) is 8.17. The van der Waals surface area contributed by atoms with Gasteiger partial charge in [-0.15, -0.1) is 5.10 Å². The minimum atomic E-state index is -0.895.